The van der Waals surface area contributed by atoms with Crippen molar-refractivity contribution in [3.05, 3.63) is 58.3 Å². The molecule has 0 bridgehead atoms. The van der Waals surface area contributed by atoms with Gasteiger partial charge in [0.25, 0.3) is 0 Å². The van der Waals surface area contributed by atoms with Crippen LogP contribution in [-0.2, 0) is 10.1 Å². The molecule has 0 spiro atoms. The largest absolute Gasteiger partial charge is 0.379 e. The second kappa shape index (κ2) is 5.36. The Morgan fingerprint density at radius 2 is 1.58 bits per heavy atom. The summed E-state index contributed by atoms with van der Waals surface area (Å²) in [5, 5.41) is 0.460. The Hall–Kier alpha value is -1.30. The van der Waals surface area contributed by atoms with E-state index in [0.717, 1.165) is 24.3 Å². The highest BCUT2D eigenvalue weighted by molar-refractivity contribution is 7.87. The van der Waals surface area contributed by atoms with Crippen LogP contribution < -0.4 is 4.18 Å². The topological polar surface area (TPSA) is 43.4 Å². The van der Waals surface area contributed by atoms with Gasteiger partial charge in [-0.05, 0) is 36.4 Å². The molecule has 2 rings (SSSR count). The van der Waals surface area contributed by atoms with E-state index < -0.39 is 15.9 Å². The second-order valence-electron chi connectivity index (χ2n) is 3.57. The highest BCUT2D eigenvalue weighted by Crippen LogP contribution is 2.28. The minimum absolute atomic E-state index is 0.0266. The average molecular weight is 321 g/mol. The lowest BCUT2D eigenvalue weighted by molar-refractivity contribution is 0.486. The van der Waals surface area contributed by atoms with Gasteiger partial charge >= 0.3 is 10.1 Å². The Bertz CT molecular complexity index is 699. The van der Waals surface area contributed by atoms with Crippen LogP contribution in [0.4, 0.5) is 4.39 Å². The van der Waals surface area contributed by atoms with Gasteiger partial charge in [-0.15, -0.1) is 0 Å². The van der Waals surface area contributed by atoms with Crippen molar-refractivity contribution in [1.29, 1.82) is 0 Å². The van der Waals surface area contributed by atoms with Crippen LogP contribution in [-0.4, -0.2) is 8.42 Å². The van der Waals surface area contributed by atoms with Crippen molar-refractivity contribution >= 4 is 33.3 Å². The van der Waals surface area contributed by atoms with Crippen molar-refractivity contribution in [1.82, 2.24) is 0 Å². The number of hydrogen-bond donors (Lipinski definition) is 0. The van der Waals surface area contributed by atoms with E-state index in [-0.39, 0.29) is 20.7 Å². The lowest BCUT2D eigenvalue weighted by atomic mass is 10.3. The van der Waals surface area contributed by atoms with Crippen molar-refractivity contribution in [3.63, 3.8) is 0 Å². The third-order valence-corrected chi connectivity index (χ3v) is 4.20. The van der Waals surface area contributed by atoms with Gasteiger partial charge in [0.1, 0.15) is 16.5 Å². The first kappa shape index (κ1) is 14.1. The predicted octanol–water partition coefficient (Wildman–Crippen LogP) is 3.90. The number of benzene rings is 2. The van der Waals surface area contributed by atoms with Crippen molar-refractivity contribution in [2.45, 2.75) is 4.90 Å². The summed E-state index contributed by atoms with van der Waals surface area (Å²) in [6.07, 6.45) is 0. The van der Waals surface area contributed by atoms with Crippen LogP contribution in [0.2, 0.25) is 10.0 Å². The molecule has 0 atom stereocenters. The number of halogens is 3. The SMILES string of the molecule is O=S(=O)(Oc1ccc(Cl)c(Cl)c1)c1ccc(F)cc1. The molecule has 0 aromatic heterocycles. The smallest absolute Gasteiger partial charge is 0.339 e. The molecular weight excluding hydrogens is 314 g/mol. The van der Waals surface area contributed by atoms with E-state index in [0.29, 0.717) is 0 Å². The summed E-state index contributed by atoms with van der Waals surface area (Å²) in [7, 11) is -4.03. The first-order chi connectivity index (χ1) is 8.88. The summed E-state index contributed by atoms with van der Waals surface area (Å²) in [4.78, 5) is -0.153. The van der Waals surface area contributed by atoms with Crippen LogP contribution >= 0.6 is 23.2 Å². The quantitative estimate of drug-likeness (QED) is 0.805. The monoisotopic (exact) mass is 320 g/mol. The summed E-state index contributed by atoms with van der Waals surface area (Å²) >= 11 is 11.5. The Kier molecular flexibility index (Phi) is 3.99. The Morgan fingerprint density at radius 3 is 2.16 bits per heavy atom. The Morgan fingerprint density at radius 1 is 0.947 bits per heavy atom. The first-order valence-electron chi connectivity index (χ1n) is 5.03. The molecule has 0 aliphatic carbocycles. The molecule has 100 valence electrons. The summed E-state index contributed by atoms with van der Waals surface area (Å²) in [6, 6.07) is 8.36. The van der Waals surface area contributed by atoms with E-state index in [1.807, 2.05) is 0 Å². The molecule has 2 aromatic carbocycles. The van der Waals surface area contributed by atoms with Crippen LogP contribution in [0.5, 0.6) is 5.75 Å². The normalized spacial score (nSPS) is 11.3. The molecule has 0 fully saturated rings. The van der Waals surface area contributed by atoms with Crippen molar-refractivity contribution in [2.75, 3.05) is 0 Å². The molecule has 0 saturated heterocycles. The molecule has 0 heterocycles. The van der Waals surface area contributed by atoms with Crippen LogP contribution in [0.3, 0.4) is 0 Å². The highest BCUT2D eigenvalue weighted by atomic mass is 35.5. The average Bonchev–Trinajstić information content (AvgIpc) is 2.34. The van der Waals surface area contributed by atoms with Gasteiger partial charge in [-0.25, -0.2) is 4.39 Å². The molecule has 3 nitrogen and oxygen atoms in total. The Balaban J connectivity index is 2.30. The summed E-state index contributed by atoms with van der Waals surface area (Å²) < 4.78 is 41.4. The van der Waals surface area contributed by atoms with E-state index in [1.165, 1.54) is 18.2 Å². The fourth-order valence-corrected chi connectivity index (χ4v) is 2.52. The third-order valence-electron chi connectivity index (χ3n) is 2.20. The molecule has 0 radical (unpaired) electrons. The number of hydrogen-bond acceptors (Lipinski definition) is 3. The van der Waals surface area contributed by atoms with Gasteiger partial charge in [-0.3, -0.25) is 0 Å². The zero-order chi connectivity index (χ0) is 14.0. The van der Waals surface area contributed by atoms with E-state index in [2.05, 4.69) is 0 Å². The van der Waals surface area contributed by atoms with Gasteiger partial charge in [0, 0.05) is 6.07 Å². The van der Waals surface area contributed by atoms with Crippen molar-refractivity contribution in [3.8, 4) is 5.75 Å². The molecule has 0 saturated carbocycles. The van der Waals surface area contributed by atoms with Gasteiger partial charge < -0.3 is 4.18 Å². The molecule has 0 amide bonds. The molecule has 2 aromatic rings. The van der Waals surface area contributed by atoms with E-state index in [1.54, 1.807) is 0 Å². The third kappa shape index (κ3) is 3.37. The fraction of sp³-hybridized carbons (Fsp3) is 0. The predicted molar refractivity (Wildman–Crippen MR) is 70.7 cm³/mol. The lowest BCUT2D eigenvalue weighted by Crippen LogP contribution is -2.09. The van der Waals surface area contributed by atoms with Crippen LogP contribution in [0.1, 0.15) is 0 Å². The standard InChI is InChI=1S/C12H7Cl2FO3S/c13-11-6-3-9(7-12(11)14)18-19(16,17)10-4-1-8(15)2-5-10/h1-7H. The number of rotatable bonds is 3. The minimum Gasteiger partial charge on any atom is -0.379 e. The molecular formula is C12H7Cl2FO3S. The van der Waals surface area contributed by atoms with E-state index in [4.69, 9.17) is 27.4 Å². The second-order valence-corrected chi connectivity index (χ2v) is 5.93. The zero-order valence-corrected chi connectivity index (χ0v) is 11.6. The van der Waals surface area contributed by atoms with E-state index >= 15 is 0 Å². The van der Waals surface area contributed by atoms with Gasteiger partial charge in [0.2, 0.25) is 0 Å². The van der Waals surface area contributed by atoms with Crippen LogP contribution in [0.15, 0.2) is 47.4 Å². The summed E-state index contributed by atoms with van der Waals surface area (Å²) in [5.41, 5.74) is 0. The van der Waals surface area contributed by atoms with Crippen LogP contribution in [0.25, 0.3) is 0 Å². The van der Waals surface area contributed by atoms with E-state index in [9.17, 15) is 12.8 Å². The Labute approximate surface area is 119 Å². The molecule has 0 aliphatic heterocycles. The molecule has 19 heavy (non-hydrogen) atoms. The van der Waals surface area contributed by atoms with Crippen molar-refractivity contribution in [2.24, 2.45) is 0 Å². The lowest BCUT2D eigenvalue weighted by Gasteiger charge is -2.07. The van der Waals surface area contributed by atoms with Crippen LogP contribution in [0, 0.1) is 5.82 Å². The first-order valence-corrected chi connectivity index (χ1v) is 7.20. The van der Waals surface area contributed by atoms with Gasteiger partial charge in [-0.2, -0.15) is 8.42 Å². The summed E-state index contributed by atoms with van der Waals surface area (Å²) in [6.45, 7) is 0. The maximum absolute atomic E-state index is 12.7. The molecule has 0 unspecified atom stereocenters. The molecule has 7 heteroatoms. The maximum atomic E-state index is 12.7. The highest BCUT2D eigenvalue weighted by Gasteiger charge is 2.17. The molecule has 0 aliphatic rings. The molecule has 0 N–H and O–H groups in total. The zero-order valence-electron chi connectivity index (χ0n) is 9.31. The fourth-order valence-electron chi connectivity index (χ4n) is 1.30. The van der Waals surface area contributed by atoms with Gasteiger partial charge in [0.05, 0.1) is 10.0 Å². The minimum atomic E-state index is -4.03. The van der Waals surface area contributed by atoms with Gasteiger partial charge in [-0.1, -0.05) is 23.2 Å². The van der Waals surface area contributed by atoms with Crippen molar-refractivity contribution < 1.29 is 17.0 Å². The van der Waals surface area contributed by atoms with Gasteiger partial charge in [0.15, 0.2) is 0 Å². The maximum Gasteiger partial charge on any atom is 0.339 e. The summed E-state index contributed by atoms with van der Waals surface area (Å²) in [5.74, 6) is -0.507.